The second-order valence-corrected chi connectivity index (χ2v) is 5.52. The molecule has 2 aromatic carbocycles. The highest BCUT2D eigenvalue weighted by Gasteiger charge is 2.02. The summed E-state index contributed by atoms with van der Waals surface area (Å²) < 4.78 is 1.15. The molecule has 0 aliphatic rings. The van der Waals surface area contributed by atoms with Crippen LogP contribution in [0.4, 0.5) is 11.4 Å². The molecule has 106 valence electrons. The van der Waals surface area contributed by atoms with Gasteiger partial charge < -0.3 is 10.2 Å². The fraction of sp³-hybridized carbons (Fsp3) is 0.294. The van der Waals surface area contributed by atoms with Gasteiger partial charge in [-0.3, -0.25) is 0 Å². The highest BCUT2D eigenvalue weighted by molar-refractivity contribution is 9.10. The van der Waals surface area contributed by atoms with Gasteiger partial charge in [0.05, 0.1) is 0 Å². The summed E-state index contributed by atoms with van der Waals surface area (Å²) in [5, 5.41) is 3.46. The number of hydrogen-bond donors (Lipinski definition) is 1. The van der Waals surface area contributed by atoms with Gasteiger partial charge in [0.2, 0.25) is 0 Å². The molecule has 0 radical (unpaired) electrons. The first-order chi connectivity index (χ1) is 9.74. The molecule has 0 amide bonds. The summed E-state index contributed by atoms with van der Waals surface area (Å²) in [7, 11) is 0. The van der Waals surface area contributed by atoms with Gasteiger partial charge in [-0.15, -0.1) is 0 Å². The Labute approximate surface area is 129 Å². The van der Waals surface area contributed by atoms with Crippen molar-refractivity contribution >= 4 is 27.3 Å². The van der Waals surface area contributed by atoms with Crippen LogP contribution in [-0.2, 0) is 6.54 Å². The lowest BCUT2D eigenvalue weighted by Crippen LogP contribution is -2.21. The number of rotatable bonds is 6. The van der Waals surface area contributed by atoms with Crippen molar-refractivity contribution in [3.8, 4) is 0 Å². The zero-order valence-electron chi connectivity index (χ0n) is 12.1. The Balaban J connectivity index is 1.99. The van der Waals surface area contributed by atoms with Crippen LogP contribution in [-0.4, -0.2) is 13.1 Å². The lowest BCUT2D eigenvalue weighted by molar-refractivity contribution is 0.866. The predicted molar refractivity (Wildman–Crippen MR) is 91.5 cm³/mol. The van der Waals surface area contributed by atoms with Crippen molar-refractivity contribution in [1.82, 2.24) is 0 Å². The van der Waals surface area contributed by atoms with E-state index in [1.54, 1.807) is 0 Å². The molecular formula is C17H21BrN2. The SMILES string of the molecule is CCN(CC)c1ccc(NCc2ccccc2Br)cc1. The molecule has 2 rings (SSSR count). The third-order valence-corrected chi connectivity index (χ3v) is 4.21. The Bertz CT molecular complexity index is 533. The van der Waals surface area contributed by atoms with Crippen LogP contribution in [0.5, 0.6) is 0 Å². The Morgan fingerprint density at radius 1 is 0.950 bits per heavy atom. The van der Waals surface area contributed by atoms with E-state index in [4.69, 9.17) is 0 Å². The minimum absolute atomic E-state index is 0.825. The van der Waals surface area contributed by atoms with E-state index >= 15 is 0 Å². The van der Waals surface area contributed by atoms with Crippen molar-refractivity contribution in [1.29, 1.82) is 0 Å². The Morgan fingerprint density at radius 3 is 2.20 bits per heavy atom. The molecule has 3 heteroatoms. The molecule has 0 aromatic heterocycles. The molecule has 0 spiro atoms. The molecule has 20 heavy (non-hydrogen) atoms. The van der Waals surface area contributed by atoms with Crippen LogP contribution in [0.25, 0.3) is 0 Å². The van der Waals surface area contributed by atoms with Crippen LogP contribution < -0.4 is 10.2 Å². The van der Waals surface area contributed by atoms with Gasteiger partial charge in [0.1, 0.15) is 0 Å². The number of nitrogens with zero attached hydrogens (tertiary/aromatic N) is 1. The molecule has 0 saturated heterocycles. The summed E-state index contributed by atoms with van der Waals surface area (Å²) >= 11 is 3.57. The van der Waals surface area contributed by atoms with Gasteiger partial charge in [-0.25, -0.2) is 0 Å². The van der Waals surface area contributed by atoms with Crippen LogP contribution in [0.3, 0.4) is 0 Å². The van der Waals surface area contributed by atoms with E-state index in [9.17, 15) is 0 Å². The van der Waals surface area contributed by atoms with Gasteiger partial charge in [0, 0.05) is 35.5 Å². The molecule has 0 atom stereocenters. The van der Waals surface area contributed by atoms with E-state index in [1.807, 2.05) is 6.07 Å². The zero-order chi connectivity index (χ0) is 14.4. The summed E-state index contributed by atoms with van der Waals surface area (Å²) in [4.78, 5) is 2.34. The maximum atomic E-state index is 3.57. The molecule has 1 N–H and O–H groups in total. The van der Waals surface area contributed by atoms with Gasteiger partial charge in [-0.2, -0.15) is 0 Å². The largest absolute Gasteiger partial charge is 0.381 e. The fourth-order valence-corrected chi connectivity index (χ4v) is 2.64. The van der Waals surface area contributed by atoms with Crippen LogP contribution in [0.1, 0.15) is 19.4 Å². The molecule has 2 nitrogen and oxygen atoms in total. The van der Waals surface area contributed by atoms with Gasteiger partial charge in [-0.05, 0) is 49.7 Å². The zero-order valence-corrected chi connectivity index (χ0v) is 13.7. The number of anilines is 2. The fourth-order valence-electron chi connectivity index (χ4n) is 2.22. The molecule has 2 aromatic rings. The first-order valence-electron chi connectivity index (χ1n) is 7.07. The molecule has 0 aliphatic heterocycles. The molecule has 0 bridgehead atoms. The first kappa shape index (κ1) is 14.9. The number of nitrogens with one attached hydrogen (secondary N) is 1. The van der Waals surface area contributed by atoms with Crippen molar-refractivity contribution in [2.45, 2.75) is 20.4 Å². The van der Waals surface area contributed by atoms with Crippen LogP contribution >= 0.6 is 15.9 Å². The highest BCUT2D eigenvalue weighted by Crippen LogP contribution is 2.20. The van der Waals surface area contributed by atoms with Crippen LogP contribution in [0, 0.1) is 0 Å². The number of hydrogen-bond acceptors (Lipinski definition) is 2. The average Bonchev–Trinajstić information content (AvgIpc) is 2.49. The highest BCUT2D eigenvalue weighted by atomic mass is 79.9. The van der Waals surface area contributed by atoms with Gasteiger partial charge in [0.25, 0.3) is 0 Å². The molecule has 0 saturated carbocycles. The van der Waals surface area contributed by atoms with E-state index in [2.05, 4.69) is 82.5 Å². The van der Waals surface area contributed by atoms with Crippen molar-refractivity contribution < 1.29 is 0 Å². The second kappa shape index (κ2) is 7.34. The van der Waals surface area contributed by atoms with E-state index in [0.717, 1.165) is 29.8 Å². The smallest absolute Gasteiger partial charge is 0.0411 e. The van der Waals surface area contributed by atoms with E-state index < -0.39 is 0 Å². The molecule has 0 aliphatic carbocycles. The number of benzene rings is 2. The van der Waals surface area contributed by atoms with Gasteiger partial charge >= 0.3 is 0 Å². The Morgan fingerprint density at radius 2 is 1.60 bits per heavy atom. The third-order valence-electron chi connectivity index (χ3n) is 3.44. The molecule has 0 heterocycles. The first-order valence-corrected chi connectivity index (χ1v) is 7.86. The minimum Gasteiger partial charge on any atom is -0.381 e. The lowest BCUT2D eigenvalue weighted by atomic mass is 10.2. The summed E-state index contributed by atoms with van der Waals surface area (Å²) in [6.07, 6.45) is 0. The summed E-state index contributed by atoms with van der Waals surface area (Å²) in [6.45, 7) is 7.28. The van der Waals surface area contributed by atoms with Crippen LogP contribution in [0.2, 0.25) is 0 Å². The number of halogens is 1. The van der Waals surface area contributed by atoms with Gasteiger partial charge in [0.15, 0.2) is 0 Å². The lowest BCUT2D eigenvalue weighted by Gasteiger charge is -2.21. The topological polar surface area (TPSA) is 15.3 Å². The van der Waals surface area contributed by atoms with Crippen molar-refractivity contribution in [2.75, 3.05) is 23.3 Å². The maximum Gasteiger partial charge on any atom is 0.0411 e. The summed E-state index contributed by atoms with van der Waals surface area (Å²) in [6, 6.07) is 16.9. The van der Waals surface area contributed by atoms with Crippen LogP contribution in [0.15, 0.2) is 53.0 Å². The predicted octanol–water partition coefficient (Wildman–Crippen LogP) is 4.91. The third kappa shape index (κ3) is 3.76. The maximum absolute atomic E-state index is 3.57. The average molecular weight is 333 g/mol. The van der Waals surface area contributed by atoms with Gasteiger partial charge in [-0.1, -0.05) is 34.1 Å². The van der Waals surface area contributed by atoms with Crippen molar-refractivity contribution in [2.24, 2.45) is 0 Å². The normalized spacial score (nSPS) is 10.3. The van der Waals surface area contributed by atoms with E-state index in [0.29, 0.717) is 0 Å². The van der Waals surface area contributed by atoms with Crippen molar-refractivity contribution in [3.05, 3.63) is 58.6 Å². The van der Waals surface area contributed by atoms with E-state index in [1.165, 1.54) is 11.3 Å². The Kier molecular flexibility index (Phi) is 5.48. The quantitative estimate of drug-likeness (QED) is 0.808. The minimum atomic E-state index is 0.825. The molecule has 0 fully saturated rings. The Hall–Kier alpha value is -1.48. The standard InChI is InChI=1S/C17H21BrN2/c1-3-20(4-2)16-11-9-15(10-12-16)19-13-14-7-5-6-8-17(14)18/h5-12,19H,3-4,13H2,1-2H3. The summed E-state index contributed by atoms with van der Waals surface area (Å²) in [5.74, 6) is 0. The molecular weight excluding hydrogens is 312 g/mol. The molecule has 0 unspecified atom stereocenters. The second-order valence-electron chi connectivity index (χ2n) is 4.66. The van der Waals surface area contributed by atoms with Crippen molar-refractivity contribution in [3.63, 3.8) is 0 Å². The van der Waals surface area contributed by atoms with E-state index in [-0.39, 0.29) is 0 Å². The monoisotopic (exact) mass is 332 g/mol. The summed E-state index contributed by atoms with van der Waals surface area (Å²) in [5.41, 5.74) is 3.69.